The van der Waals surface area contributed by atoms with Crippen molar-refractivity contribution in [2.24, 2.45) is 0 Å². The van der Waals surface area contributed by atoms with Gasteiger partial charge in [-0.1, -0.05) is 182 Å². The van der Waals surface area contributed by atoms with Gasteiger partial charge in [0.15, 0.2) is 11.4 Å². The zero-order valence-electron chi connectivity index (χ0n) is 38.5. The lowest BCUT2D eigenvalue weighted by molar-refractivity contribution is 0.667. The Morgan fingerprint density at radius 2 is 0.708 bits per heavy atom. The van der Waals surface area contributed by atoms with E-state index in [1.165, 1.54) is 0 Å². The van der Waals surface area contributed by atoms with Gasteiger partial charge in [-0.05, 0) is 48.5 Å². The summed E-state index contributed by atoms with van der Waals surface area (Å²) >= 11 is 0. The number of hydrogen-bond donors (Lipinski definition) is 0. The van der Waals surface area contributed by atoms with E-state index in [2.05, 4.69) is 208 Å². The molecule has 0 aliphatic rings. The monoisotopic (exact) mass is 918 g/mol. The lowest BCUT2D eigenvalue weighted by Crippen LogP contribution is -2.12. The molecule has 0 fully saturated rings. The van der Waals surface area contributed by atoms with Gasteiger partial charge in [-0.3, -0.25) is 0 Å². The first-order valence-electron chi connectivity index (χ1n) is 24.1. The fraction of sp³-hybridized carbons (Fsp3) is 0. The van der Waals surface area contributed by atoms with Crippen molar-refractivity contribution in [2.75, 3.05) is 0 Å². The summed E-state index contributed by atoms with van der Waals surface area (Å²) in [6, 6.07) is 83.0. The molecule has 334 valence electrons. The maximum Gasteiger partial charge on any atom is 0.164 e. The Hall–Kier alpha value is -10.0. The van der Waals surface area contributed by atoms with Gasteiger partial charge in [-0.25, -0.2) is 9.97 Å². The SMILES string of the molecule is N#Cc1c(-n2c3ccccc3c3ccccc32)c(-n2c3ccccc3c3ccccc32)c(-n2c3ccccc3c3ccccc32)c2c1oc1c(-c3nc(-c4ccccc4)cc(-c4ccccc4)n3)cccc12. The molecule has 10 aromatic carbocycles. The molecule has 0 atom stereocenters. The first kappa shape index (κ1) is 39.9. The van der Waals surface area contributed by atoms with Crippen molar-refractivity contribution in [2.45, 2.75) is 0 Å². The molecule has 0 saturated heterocycles. The van der Waals surface area contributed by atoms with E-state index in [1.54, 1.807) is 0 Å². The molecule has 0 radical (unpaired) electrons. The van der Waals surface area contributed by atoms with E-state index >= 15 is 0 Å². The standard InChI is InChI=1S/C65H38N6O/c66-39-50-60(69-53-32-13-7-24-42(53)43-25-8-14-33-54(43)69)62(71-57-36-17-11-28-46(57)47-29-12-18-37-58(47)71)61(70-55-34-15-9-26-44(55)45-27-10-16-35-56(45)70)59-48-30-19-31-49(63(48)72-64(50)59)65-67-51(40-20-3-1-4-21-40)38-52(68-65)41-22-5-2-6-23-41/h1-38H. The Morgan fingerprint density at radius 3 is 1.12 bits per heavy atom. The number of rotatable bonds is 6. The normalized spacial score (nSPS) is 11.9. The highest BCUT2D eigenvalue weighted by atomic mass is 16.3. The number of benzene rings is 10. The number of para-hydroxylation sites is 7. The Balaban J connectivity index is 1.20. The average molecular weight is 919 g/mol. The zero-order chi connectivity index (χ0) is 47.4. The first-order valence-corrected chi connectivity index (χ1v) is 24.1. The van der Waals surface area contributed by atoms with E-state index < -0.39 is 0 Å². The molecular formula is C65H38N6O. The summed E-state index contributed by atoms with van der Waals surface area (Å²) in [5, 5.41) is 20.4. The maximum absolute atomic E-state index is 12.1. The van der Waals surface area contributed by atoms with Crippen LogP contribution < -0.4 is 0 Å². The summed E-state index contributed by atoms with van der Waals surface area (Å²) in [5.74, 6) is 0.516. The number of furan rings is 1. The lowest BCUT2D eigenvalue weighted by Gasteiger charge is -2.24. The summed E-state index contributed by atoms with van der Waals surface area (Å²) in [5.41, 5.74) is 14.2. The molecule has 7 nitrogen and oxygen atoms in total. The van der Waals surface area contributed by atoms with Crippen LogP contribution in [0.25, 0.3) is 138 Å². The molecule has 0 amide bonds. The van der Waals surface area contributed by atoms with E-state index in [4.69, 9.17) is 14.4 Å². The predicted octanol–water partition coefficient (Wildman–Crippen LogP) is 16.5. The van der Waals surface area contributed by atoms with Crippen molar-refractivity contribution >= 4 is 87.4 Å². The van der Waals surface area contributed by atoms with Gasteiger partial charge in [0.05, 0.1) is 72.5 Å². The van der Waals surface area contributed by atoms with Crippen molar-refractivity contribution < 1.29 is 4.42 Å². The molecule has 5 heterocycles. The van der Waals surface area contributed by atoms with Gasteiger partial charge in [-0.2, -0.15) is 5.26 Å². The number of fused-ring (bicyclic) bond motifs is 12. The Kier molecular flexibility index (Phi) is 8.59. The van der Waals surface area contributed by atoms with Crippen molar-refractivity contribution in [3.63, 3.8) is 0 Å². The lowest BCUT2D eigenvalue weighted by atomic mass is 10.00. The van der Waals surface area contributed by atoms with Gasteiger partial charge >= 0.3 is 0 Å². The van der Waals surface area contributed by atoms with Crippen molar-refractivity contribution in [1.82, 2.24) is 23.7 Å². The number of aromatic nitrogens is 5. The second kappa shape index (κ2) is 15.5. The molecule has 15 aromatic rings. The Bertz CT molecular complexity index is 4540. The van der Waals surface area contributed by atoms with Crippen LogP contribution in [0.15, 0.2) is 235 Å². The van der Waals surface area contributed by atoms with Gasteiger partial charge in [0.2, 0.25) is 0 Å². The number of nitrogens with zero attached hydrogens (tertiary/aromatic N) is 6. The minimum atomic E-state index is 0.406. The predicted molar refractivity (Wildman–Crippen MR) is 293 cm³/mol. The summed E-state index contributed by atoms with van der Waals surface area (Å²) in [7, 11) is 0. The number of hydrogen-bond acceptors (Lipinski definition) is 4. The van der Waals surface area contributed by atoms with Gasteiger partial charge < -0.3 is 18.1 Å². The first-order chi connectivity index (χ1) is 35.7. The van der Waals surface area contributed by atoms with Crippen LogP contribution in [0.4, 0.5) is 0 Å². The van der Waals surface area contributed by atoms with E-state index in [1.807, 2.05) is 42.5 Å². The third-order valence-corrected chi connectivity index (χ3v) is 14.5. The Morgan fingerprint density at radius 1 is 0.347 bits per heavy atom. The zero-order valence-corrected chi connectivity index (χ0v) is 38.5. The average Bonchev–Trinajstić information content (AvgIpc) is 4.20. The van der Waals surface area contributed by atoms with Gasteiger partial charge in [-0.15, -0.1) is 0 Å². The highest BCUT2D eigenvalue weighted by Gasteiger charge is 2.33. The van der Waals surface area contributed by atoms with Crippen LogP contribution in [0.5, 0.6) is 0 Å². The van der Waals surface area contributed by atoms with Crippen LogP contribution in [0.2, 0.25) is 0 Å². The maximum atomic E-state index is 12.1. The van der Waals surface area contributed by atoms with E-state index in [0.29, 0.717) is 33.8 Å². The molecule has 0 N–H and O–H groups in total. The van der Waals surface area contributed by atoms with Gasteiger partial charge in [0.25, 0.3) is 0 Å². The van der Waals surface area contributed by atoms with Crippen molar-refractivity contribution in [1.29, 1.82) is 5.26 Å². The van der Waals surface area contributed by atoms with Crippen LogP contribution in [-0.4, -0.2) is 23.7 Å². The molecule has 0 unspecified atom stereocenters. The second-order valence-electron chi connectivity index (χ2n) is 18.3. The van der Waals surface area contributed by atoms with E-state index in [0.717, 1.165) is 110 Å². The molecule has 0 bridgehead atoms. The molecular weight excluding hydrogens is 881 g/mol. The van der Waals surface area contributed by atoms with Crippen molar-refractivity contribution in [3.05, 3.63) is 236 Å². The molecule has 5 aromatic heterocycles. The summed E-state index contributed by atoms with van der Waals surface area (Å²) < 4.78 is 14.6. The molecule has 7 heteroatoms. The summed E-state index contributed by atoms with van der Waals surface area (Å²) in [6.07, 6.45) is 0. The molecule has 15 rings (SSSR count). The Labute approximate surface area is 411 Å². The second-order valence-corrected chi connectivity index (χ2v) is 18.3. The topological polar surface area (TPSA) is 77.5 Å². The van der Waals surface area contributed by atoms with Crippen LogP contribution >= 0.6 is 0 Å². The third-order valence-electron chi connectivity index (χ3n) is 14.5. The van der Waals surface area contributed by atoms with Crippen LogP contribution in [-0.2, 0) is 0 Å². The van der Waals surface area contributed by atoms with E-state index in [9.17, 15) is 5.26 Å². The summed E-state index contributed by atoms with van der Waals surface area (Å²) in [4.78, 5) is 10.6. The molecule has 0 spiro atoms. The molecule has 0 aliphatic carbocycles. The van der Waals surface area contributed by atoms with Crippen molar-refractivity contribution in [3.8, 4) is 57.0 Å². The smallest absolute Gasteiger partial charge is 0.164 e. The quantitative estimate of drug-likeness (QED) is 0.166. The minimum absolute atomic E-state index is 0.406. The third kappa shape index (κ3) is 5.66. The highest BCUT2D eigenvalue weighted by molar-refractivity contribution is 6.22. The minimum Gasteiger partial charge on any atom is -0.454 e. The highest BCUT2D eigenvalue weighted by Crippen LogP contribution is 2.50. The van der Waals surface area contributed by atoms with Gasteiger partial charge in [0.1, 0.15) is 17.2 Å². The largest absolute Gasteiger partial charge is 0.454 e. The molecule has 0 aliphatic heterocycles. The molecule has 0 saturated carbocycles. The summed E-state index contributed by atoms with van der Waals surface area (Å²) in [6.45, 7) is 0. The van der Waals surface area contributed by atoms with Crippen LogP contribution in [0, 0.1) is 11.3 Å². The fourth-order valence-corrected chi connectivity index (χ4v) is 11.5. The van der Waals surface area contributed by atoms with Crippen LogP contribution in [0.3, 0.4) is 0 Å². The fourth-order valence-electron chi connectivity index (χ4n) is 11.5. The van der Waals surface area contributed by atoms with Crippen LogP contribution in [0.1, 0.15) is 5.56 Å². The molecule has 72 heavy (non-hydrogen) atoms. The van der Waals surface area contributed by atoms with E-state index in [-0.39, 0.29) is 0 Å². The van der Waals surface area contributed by atoms with Gasteiger partial charge in [0, 0.05) is 48.8 Å². The number of nitriles is 1.